The molecule has 0 aliphatic heterocycles. The molecule has 0 unspecified atom stereocenters. The van der Waals surface area contributed by atoms with Crippen molar-refractivity contribution < 1.29 is 0 Å². The van der Waals surface area contributed by atoms with E-state index >= 15 is 0 Å². The number of hydrogen-bond donors (Lipinski definition) is 1. The van der Waals surface area contributed by atoms with Gasteiger partial charge in [0.2, 0.25) is 0 Å². The van der Waals surface area contributed by atoms with E-state index in [4.69, 9.17) is 5.73 Å². The van der Waals surface area contributed by atoms with Crippen LogP contribution < -0.4 is 5.73 Å². The van der Waals surface area contributed by atoms with Crippen LogP contribution in [0.1, 0.15) is 25.3 Å². The number of benzene rings is 1. The van der Waals surface area contributed by atoms with Crippen molar-refractivity contribution in [2.24, 2.45) is 11.7 Å². The molecule has 0 aromatic heterocycles. The number of hydrogen-bond acceptors (Lipinski definition) is 1. The molecule has 1 aliphatic rings. The maximum Gasteiger partial charge on any atom is 0.0112 e. The van der Waals surface area contributed by atoms with Gasteiger partial charge in [-0.3, -0.25) is 0 Å². The molecular weight excluding hydrogens is 170 g/mol. The summed E-state index contributed by atoms with van der Waals surface area (Å²) in [4.78, 5) is 0. The highest BCUT2D eigenvalue weighted by molar-refractivity contribution is 5.54. The molecule has 0 amide bonds. The van der Waals surface area contributed by atoms with Crippen LogP contribution in [0.15, 0.2) is 35.9 Å². The molecule has 2 N–H and O–H groups in total. The lowest BCUT2D eigenvalue weighted by atomic mass is 10.0. The summed E-state index contributed by atoms with van der Waals surface area (Å²) in [6.07, 6.45) is 4.58. The summed E-state index contributed by atoms with van der Waals surface area (Å²) in [5.41, 5.74) is 8.65. The Morgan fingerprint density at radius 2 is 2.07 bits per heavy atom. The fourth-order valence-corrected chi connectivity index (χ4v) is 1.88. The van der Waals surface area contributed by atoms with Crippen molar-refractivity contribution in [1.29, 1.82) is 0 Å². The highest BCUT2D eigenvalue weighted by Gasteiger charge is 2.35. The van der Waals surface area contributed by atoms with Gasteiger partial charge in [0.15, 0.2) is 0 Å². The molecule has 74 valence electrons. The molecule has 0 bridgehead atoms. The van der Waals surface area contributed by atoms with E-state index in [9.17, 15) is 0 Å². The summed E-state index contributed by atoms with van der Waals surface area (Å²) in [6.45, 7) is 2.21. The third-order valence-corrected chi connectivity index (χ3v) is 2.88. The zero-order valence-electron chi connectivity index (χ0n) is 8.61. The van der Waals surface area contributed by atoms with E-state index in [1.54, 1.807) is 0 Å². The first kappa shape index (κ1) is 9.47. The Morgan fingerprint density at radius 3 is 2.57 bits per heavy atom. The lowest BCUT2D eigenvalue weighted by Gasteiger charge is -2.02. The van der Waals surface area contributed by atoms with E-state index in [-0.39, 0.29) is 0 Å². The van der Waals surface area contributed by atoms with E-state index in [1.807, 2.05) is 6.07 Å². The second-order valence-electron chi connectivity index (χ2n) is 3.99. The summed E-state index contributed by atoms with van der Waals surface area (Å²) in [5, 5.41) is 0. The van der Waals surface area contributed by atoms with Crippen molar-refractivity contribution in [3.63, 3.8) is 0 Å². The molecule has 1 fully saturated rings. The molecule has 0 saturated heterocycles. The van der Waals surface area contributed by atoms with Crippen LogP contribution in [0.3, 0.4) is 0 Å². The van der Waals surface area contributed by atoms with Gasteiger partial charge in [0.05, 0.1) is 0 Å². The Labute approximate surface area is 85.6 Å². The molecule has 1 aliphatic carbocycles. The van der Waals surface area contributed by atoms with Crippen LogP contribution in [0.2, 0.25) is 0 Å². The van der Waals surface area contributed by atoms with Gasteiger partial charge in [0.1, 0.15) is 0 Å². The van der Waals surface area contributed by atoms with Crippen LogP contribution in [-0.2, 0) is 0 Å². The maximum atomic E-state index is 5.86. The van der Waals surface area contributed by atoms with Crippen molar-refractivity contribution in [1.82, 2.24) is 0 Å². The van der Waals surface area contributed by atoms with Crippen LogP contribution in [0.4, 0.5) is 0 Å². The molecule has 0 radical (unpaired) electrons. The predicted octanol–water partition coefficient (Wildman–Crippen LogP) is 2.83. The fourth-order valence-electron chi connectivity index (χ4n) is 1.88. The maximum absolute atomic E-state index is 5.86. The average Bonchev–Trinajstić information content (AvgIpc) is 2.93. The lowest BCUT2D eigenvalue weighted by Crippen LogP contribution is -2.03. The molecule has 1 heteroatoms. The van der Waals surface area contributed by atoms with E-state index in [0.717, 1.165) is 6.42 Å². The average molecular weight is 187 g/mol. The minimum atomic E-state index is 0.421. The Kier molecular flexibility index (Phi) is 2.69. The molecule has 0 spiro atoms. The summed E-state index contributed by atoms with van der Waals surface area (Å²) in [5.74, 6) is 0.653. The minimum Gasteiger partial charge on any atom is -0.327 e. The molecule has 2 rings (SSSR count). The topological polar surface area (TPSA) is 26.0 Å². The van der Waals surface area contributed by atoms with Crippen LogP contribution in [0, 0.1) is 5.92 Å². The van der Waals surface area contributed by atoms with Gasteiger partial charge in [-0.2, -0.15) is 0 Å². The zero-order chi connectivity index (χ0) is 9.97. The molecule has 2 atom stereocenters. The predicted molar refractivity (Wildman–Crippen MR) is 60.8 cm³/mol. The zero-order valence-corrected chi connectivity index (χ0v) is 8.61. The number of rotatable bonds is 3. The molecule has 1 aromatic carbocycles. The van der Waals surface area contributed by atoms with Gasteiger partial charge in [0, 0.05) is 6.04 Å². The highest BCUT2D eigenvalue weighted by atomic mass is 14.7. The van der Waals surface area contributed by atoms with Gasteiger partial charge < -0.3 is 5.73 Å². The summed E-state index contributed by atoms with van der Waals surface area (Å²) in [6, 6.07) is 10.9. The molecule has 1 nitrogen and oxygen atoms in total. The quantitative estimate of drug-likeness (QED) is 0.773. The first-order chi connectivity index (χ1) is 6.81. The Hall–Kier alpha value is -1.08. The van der Waals surface area contributed by atoms with Gasteiger partial charge in [-0.15, -0.1) is 0 Å². The Morgan fingerprint density at radius 1 is 1.43 bits per heavy atom. The summed E-state index contributed by atoms with van der Waals surface area (Å²) >= 11 is 0. The minimum absolute atomic E-state index is 0.421. The Balaban J connectivity index is 2.15. The molecule has 1 saturated carbocycles. The first-order valence-corrected chi connectivity index (χ1v) is 5.32. The lowest BCUT2D eigenvalue weighted by molar-refractivity contribution is 0.870. The van der Waals surface area contributed by atoms with Crippen molar-refractivity contribution in [2.75, 3.05) is 0 Å². The standard InChI is InChI=1S/C13H17N/c1-2-11(12-9-13(12)14)8-10-6-4-3-5-7-10/h3-8,12-13H,2,9,14H2,1H3/b11-8+/t12-,13+/m0/s1. The SMILES string of the molecule is CC/C(=C\c1ccccc1)[C@@H]1C[C@H]1N. The van der Waals surface area contributed by atoms with Gasteiger partial charge in [-0.25, -0.2) is 0 Å². The second-order valence-corrected chi connectivity index (χ2v) is 3.99. The third kappa shape index (κ3) is 2.05. The van der Waals surface area contributed by atoms with Crippen molar-refractivity contribution >= 4 is 6.08 Å². The largest absolute Gasteiger partial charge is 0.327 e. The summed E-state index contributed by atoms with van der Waals surface area (Å²) < 4.78 is 0. The second kappa shape index (κ2) is 3.97. The third-order valence-electron chi connectivity index (χ3n) is 2.88. The monoisotopic (exact) mass is 187 g/mol. The van der Waals surface area contributed by atoms with Gasteiger partial charge >= 0.3 is 0 Å². The number of nitrogens with two attached hydrogens (primary N) is 1. The van der Waals surface area contributed by atoms with Gasteiger partial charge in [0.25, 0.3) is 0 Å². The first-order valence-electron chi connectivity index (χ1n) is 5.32. The van der Waals surface area contributed by atoms with Crippen molar-refractivity contribution in [3.8, 4) is 0 Å². The molecule has 14 heavy (non-hydrogen) atoms. The summed E-state index contributed by atoms with van der Waals surface area (Å²) in [7, 11) is 0. The van der Waals surface area contributed by atoms with Gasteiger partial charge in [-0.05, 0) is 24.3 Å². The van der Waals surface area contributed by atoms with E-state index in [2.05, 4.69) is 37.3 Å². The van der Waals surface area contributed by atoms with Crippen LogP contribution in [-0.4, -0.2) is 6.04 Å². The highest BCUT2D eigenvalue weighted by Crippen LogP contribution is 2.37. The van der Waals surface area contributed by atoms with E-state index < -0.39 is 0 Å². The Bertz CT molecular complexity index is 326. The fraction of sp³-hybridized carbons (Fsp3) is 0.385. The van der Waals surface area contributed by atoms with E-state index in [1.165, 1.54) is 17.6 Å². The van der Waals surface area contributed by atoms with E-state index in [0.29, 0.717) is 12.0 Å². The molecular formula is C13H17N. The molecule has 0 heterocycles. The van der Waals surface area contributed by atoms with Crippen LogP contribution >= 0.6 is 0 Å². The van der Waals surface area contributed by atoms with Crippen LogP contribution in [0.25, 0.3) is 6.08 Å². The smallest absolute Gasteiger partial charge is 0.0112 e. The van der Waals surface area contributed by atoms with Crippen molar-refractivity contribution in [2.45, 2.75) is 25.8 Å². The van der Waals surface area contributed by atoms with Crippen molar-refractivity contribution in [3.05, 3.63) is 41.5 Å². The normalized spacial score (nSPS) is 26.3. The van der Waals surface area contributed by atoms with Crippen LogP contribution in [0.5, 0.6) is 0 Å². The molecule has 1 aromatic rings. The van der Waals surface area contributed by atoms with Gasteiger partial charge in [-0.1, -0.05) is 48.9 Å².